The minimum atomic E-state index is -0.0504. The van der Waals surface area contributed by atoms with Crippen LogP contribution in [-0.2, 0) is 7.05 Å². The van der Waals surface area contributed by atoms with Gasteiger partial charge < -0.3 is 10.2 Å². The summed E-state index contributed by atoms with van der Waals surface area (Å²) in [7, 11) is 3.57. The Balaban J connectivity index is 2.23. The van der Waals surface area contributed by atoms with Gasteiger partial charge in [0.25, 0.3) is 5.91 Å². The first-order chi connectivity index (χ1) is 8.16. The summed E-state index contributed by atoms with van der Waals surface area (Å²) in [6.07, 6.45) is 1.73. The molecule has 1 amide bonds. The summed E-state index contributed by atoms with van der Waals surface area (Å²) < 4.78 is 1.64. The van der Waals surface area contributed by atoms with Gasteiger partial charge >= 0.3 is 0 Å². The highest BCUT2D eigenvalue weighted by Gasteiger charge is 2.25. The average molecular weight is 228 g/mol. The molecule has 86 valence electrons. The molecule has 1 aromatic carbocycles. The maximum absolute atomic E-state index is 12.2. The van der Waals surface area contributed by atoms with E-state index in [0.29, 0.717) is 11.4 Å². The third kappa shape index (κ3) is 1.39. The van der Waals surface area contributed by atoms with Gasteiger partial charge in [-0.25, -0.2) is 0 Å². The predicted molar refractivity (Wildman–Crippen MR) is 65.7 cm³/mol. The number of anilines is 3. The number of carbonyl (C=O) groups is 1. The topological polar surface area (TPSA) is 50.2 Å². The van der Waals surface area contributed by atoms with Gasteiger partial charge in [0.2, 0.25) is 0 Å². The van der Waals surface area contributed by atoms with Crippen molar-refractivity contribution in [2.24, 2.45) is 7.05 Å². The van der Waals surface area contributed by atoms with Gasteiger partial charge in [0.05, 0.1) is 11.4 Å². The number of aromatic nitrogens is 2. The number of nitrogens with one attached hydrogen (secondary N) is 1. The molecule has 0 bridgehead atoms. The summed E-state index contributed by atoms with van der Waals surface area (Å²) in [6, 6.07) is 7.68. The van der Waals surface area contributed by atoms with Crippen LogP contribution in [0.4, 0.5) is 17.2 Å². The third-order valence-corrected chi connectivity index (χ3v) is 2.88. The van der Waals surface area contributed by atoms with Crippen LogP contribution in [0.5, 0.6) is 0 Å². The Morgan fingerprint density at radius 2 is 2.00 bits per heavy atom. The molecule has 2 aromatic rings. The number of carbonyl (C=O) groups excluding carboxylic acids is 1. The minimum Gasteiger partial charge on any atom is -0.336 e. The van der Waals surface area contributed by atoms with Gasteiger partial charge in [0, 0.05) is 20.3 Å². The van der Waals surface area contributed by atoms with E-state index < -0.39 is 0 Å². The van der Waals surface area contributed by atoms with E-state index in [2.05, 4.69) is 10.4 Å². The number of aryl methyl sites for hydroxylation is 1. The molecular formula is C12H12N4O. The number of hydrogen-bond acceptors (Lipinski definition) is 3. The molecule has 17 heavy (non-hydrogen) atoms. The lowest BCUT2D eigenvalue weighted by atomic mass is 10.2. The van der Waals surface area contributed by atoms with Crippen LogP contribution in [0, 0.1) is 0 Å². The summed E-state index contributed by atoms with van der Waals surface area (Å²) in [5.74, 6) is 0.555. The molecule has 0 unspecified atom stereocenters. The summed E-state index contributed by atoms with van der Waals surface area (Å²) in [5, 5.41) is 7.44. The van der Waals surface area contributed by atoms with E-state index in [4.69, 9.17) is 0 Å². The van der Waals surface area contributed by atoms with Crippen molar-refractivity contribution in [1.82, 2.24) is 9.78 Å². The quantitative estimate of drug-likeness (QED) is 0.747. The zero-order valence-corrected chi connectivity index (χ0v) is 9.64. The number of amides is 1. The number of hydrogen-bond donors (Lipinski definition) is 1. The molecule has 1 N–H and O–H groups in total. The van der Waals surface area contributed by atoms with Crippen molar-refractivity contribution in [1.29, 1.82) is 0 Å². The van der Waals surface area contributed by atoms with Gasteiger partial charge in [-0.3, -0.25) is 9.48 Å². The van der Waals surface area contributed by atoms with Crippen LogP contribution in [0.2, 0.25) is 0 Å². The molecule has 0 radical (unpaired) electrons. The standard InChI is InChI=1S/C12H12N4O/c1-15-7-8-11(14-15)13-9-5-3-4-6-10(9)16(2)12(8)17/h3-7H,1-2H3,(H,13,14). The molecular weight excluding hydrogens is 216 g/mol. The molecule has 5 nitrogen and oxygen atoms in total. The van der Waals surface area contributed by atoms with Crippen molar-refractivity contribution in [3.05, 3.63) is 36.0 Å². The normalized spacial score (nSPS) is 13.8. The average Bonchev–Trinajstić information content (AvgIpc) is 2.65. The Morgan fingerprint density at radius 1 is 1.24 bits per heavy atom. The first-order valence-electron chi connectivity index (χ1n) is 5.34. The number of rotatable bonds is 0. The number of nitrogens with zero attached hydrogens (tertiary/aromatic N) is 3. The molecule has 3 rings (SSSR count). The molecule has 0 saturated heterocycles. The first-order valence-corrected chi connectivity index (χ1v) is 5.34. The van der Waals surface area contributed by atoms with E-state index in [0.717, 1.165) is 11.4 Å². The van der Waals surface area contributed by atoms with Gasteiger partial charge in [0.1, 0.15) is 5.56 Å². The third-order valence-electron chi connectivity index (χ3n) is 2.88. The van der Waals surface area contributed by atoms with Crippen LogP contribution >= 0.6 is 0 Å². The maximum atomic E-state index is 12.2. The second-order valence-corrected chi connectivity index (χ2v) is 4.07. The fraction of sp³-hybridized carbons (Fsp3) is 0.167. The van der Waals surface area contributed by atoms with Crippen LogP contribution in [-0.4, -0.2) is 22.7 Å². The zero-order valence-electron chi connectivity index (χ0n) is 9.64. The zero-order chi connectivity index (χ0) is 12.0. The van der Waals surface area contributed by atoms with Crippen molar-refractivity contribution in [3.8, 4) is 0 Å². The first kappa shape index (κ1) is 9.89. The summed E-state index contributed by atoms with van der Waals surface area (Å²) in [4.78, 5) is 13.9. The van der Waals surface area contributed by atoms with Gasteiger partial charge in [-0.2, -0.15) is 5.10 Å². The minimum absolute atomic E-state index is 0.0504. The number of fused-ring (bicyclic) bond motifs is 2. The lowest BCUT2D eigenvalue weighted by molar-refractivity contribution is 0.0994. The van der Waals surface area contributed by atoms with Crippen LogP contribution in [0.1, 0.15) is 10.4 Å². The summed E-state index contributed by atoms with van der Waals surface area (Å²) in [6.45, 7) is 0. The van der Waals surface area contributed by atoms with Crippen molar-refractivity contribution in [3.63, 3.8) is 0 Å². The van der Waals surface area contributed by atoms with Gasteiger partial charge in [-0.15, -0.1) is 0 Å². The molecule has 0 spiro atoms. The fourth-order valence-electron chi connectivity index (χ4n) is 2.03. The Kier molecular flexibility index (Phi) is 1.95. The highest BCUT2D eigenvalue weighted by Crippen LogP contribution is 2.33. The van der Waals surface area contributed by atoms with Crippen LogP contribution in [0.15, 0.2) is 30.5 Å². The lowest BCUT2D eigenvalue weighted by Crippen LogP contribution is -2.25. The second kappa shape index (κ2) is 3.35. The van der Waals surface area contributed by atoms with Crippen molar-refractivity contribution in [2.45, 2.75) is 0 Å². The molecule has 0 saturated carbocycles. The Bertz CT molecular complexity index is 602. The highest BCUT2D eigenvalue weighted by atomic mass is 16.2. The summed E-state index contributed by atoms with van der Waals surface area (Å²) >= 11 is 0. The Morgan fingerprint density at radius 3 is 2.82 bits per heavy atom. The van der Waals surface area contributed by atoms with Crippen molar-refractivity contribution >= 4 is 23.1 Å². The number of benzene rings is 1. The largest absolute Gasteiger partial charge is 0.336 e. The van der Waals surface area contributed by atoms with E-state index in [-0.39, 0.29) is 5.91 Å². The van der Waals surface area contributed by atoms with E-state index >= 15 is 0 Å². The summed E-state index contributed by atoms with van der Waals surface area (Å²) in [5.41, 5.74) is 2.34. The van der Waals surface area contributed by atoms with E-state index in [1.807, 2.05) is 24.3 Å². The van der Waals surface area contributed by atoms with Crippen LogP contribution < -0.4 is 10.2 Å². The molecule has 1 aliphatic rings. The number of para-hydroxylation sites is 2. The Hall–Kier alpha value is -2.30. The monoisotopic (exact) mass is 228 g/mol. The van der Waals surface area contributed by atoms with Crippen LogP contribution in [0.3, 0.4) is 0 Å². The van der Waals surface area contributed by atoms with Crippen LogP contribution in [0.25, 0.3) is 0 Å². The molecule has 2 heterocycles. The SMILES string of the molecule is CN1C(=O)c2cn(C)nc2Nc2ccccc21. The maximum Gasteiger partial charge on any atom is 0.263 e. The van der Waals surface area contributed by atoms with E-state index in [1.165, 1.54) is 0 Å². The lowest BCUT2D eigenvalue weighted by Gasteiger charge is -2.16. The predicted octanol–water partition coefficient (Wildman–Crippen LogP) is 1.75. The van der Waals surface area contributed by atoms with E-state index in [1.54, 1.807) is 29.9 Å². The van der Waals surface area contributed by atoms with Gasteiger partial charge in [-0.05, 0) is 12.1 Å². The Labute approximate surface area is 98.7 Å². The molecule has 5 heteroatoms. The molecule has 1 aromatic heterocycles. The van der Waals surface area contributed by atoms with Gasteiger partial charge in [0.15, 0.2) is 5.82 Å². The molecule has 0 fully saturated rings. The molecule has 0 aliphatic carbocycles. The second-order valence-electron chi connectivity index (χ2n) is 4.07. The smallest absolute Gasteiger partial charge is 0.263 e. The molecule has 1 aliphatic heterocycles. The van der Waals surface area contributed by atoms with Crippen molar-refractivity contribution in [2.75, 3.05) is 17.3 Å². The molecule has 0 atom stereocenters. The van der Waals surface area contributed by atoms with Gasteiger partial charge in [-0.1, -0.05) is 12.1 Å². The van der Waals surface area contributed by atoms with E-state index in [9.17, 15) is 4.79 Å². The fourth-order valence-corrected chi connectivity index (χ4v) is 2.03. The highest BCUT2D eigenvalue weighted by molar-refractivity contribution is 6.12. The van der Waals surface area contributed by atoms with Crippen molar-refractivity contribution < 1.29 is 4.79 Å².